The first-order chi connectivity index (χ1) is 18.4. The summed E-state index contributed by atoms with van der Waals surface area (Å²) in [7, 11) is 3.44. The van der Waals surface area contributed by atoms with Crippen LogP contribution in [0.25, 0.3) is 17.0 Å². The van der Waals surface area contributed by atoms with Crippen LogP contribution in [0.1, 0.15) is 35.3 Å². The van der Waals surface area contributed by atoms with Crippen molar-refractivity contribution in [3.63, 3.8) is 0 Å². The molecule has 2 aromatic heterocycles. The van der Waals surface area contributed by atoms with Crippen molar-refractivity contribution in [2.75, 3.05) is 26.0 Å². The number of benzene rings is 2. The highest BCUT2D eigenvalue weighted by molar-refractivity contribution is 5.94. The minimum Gasteiger partial charge on any atom is -0.497 e. The van der Waals surface area contributed by atoms with Gasteiger partial charge >= 0.3 is 0 Å². The maximum atomic E-state index is 13.0. The molecular weight excluding hydrogens is 478 g/mol. The van der Waals surface area contributed by atoms with Crippen LogP contribution in [0.4, 0.5) is 5.82 Å². The lowest BCUT2D eigenvalue weighted by atomic mass is 10.1. The van der Waals surface area contributed by atoms with E-state index in [0.717, 1.165) is 39.0 Å². The van der Waals surface area contributed by atoms with Crippen molar-refractivity contribution < 1.29 is 14.3 Å². The van der Waals surface area contributed by atoms with E-state index in [1.165, 1.54) is 0 Å². The molecule has 0 saturated carbocycles. The largest absolute Gasteiger partial charge is 0.497 e. The average Bonchev–Trinajstić information content (AvgIpc) is 3.30. The maximum absolute atomic E-state index is 13.0. The summed E-state index contributed by atoms with van der Waals surface area (Å²) in [4.78, 5) is 37.1. The Morgan fingerprint density at radius 2 is 1.95 bits per heavy atom. The molecule has 194 valence electrons. The van der Waals surface area contributed by atoms with Gasteiger partial charge in [0, 0.05) is 49.2 Å². The third kappa shape index (κ3) is 5.60. The Morgan fingerprint density at radius 1 is 1.16 bits per heavy atom. The van der Waals surface area contributed by atoms with Crippen LogP contribution < -0.4 is 10.1 Å². The van der Waals surface area contributed by atoms with Crippen LogP contribution in [-0.2, 0) is 22.7 Å². The second kappa shape index (κ2) is 10.9. The number of rotatable bonds is 7. The van der Waals surface area contributed by atoms with Gasteiger partial charge in [-0.25, -0.2) is 4.98 Å². The number of nitrogens with zero attached hydrogens (tertiary/aromatic N) is 3. The topological polar surface area (TPSA) is 90.6 Å². The lowest BCUT2D eigenvalue weighted by Crippen LogP contribution is -2.29. The number of nitrogens with one attached hydrogen (secondary N) is 2. The van der Waals surface area contributed by atoms with Crippen molar-refractivity contribution in [2.24, 2.45) is 0 Å². The standard InChI is InChI=1S/C30H31N5O3/c1-20(27-15-23-6-4-5-7-26(23)32-27)34(2)29(37)13-10-22-14-24-18-35(19-28(36)33-30(24)31-16-22)17-21-8-11-25(38-3)12-9-21/h4-16,20,32H,17-19H2,1-3H3,(H,31,33,36). The Kier molecular flexibility index (Phi) is 7.24. The summed E-state index contributed by atoms with van der Waals surface area (Å²) in [6.45, 7) is 3.44. The molecule has 4 aromatic rings. The Bertz CT molecular complexity index is 1460. The number of pyridine rings is 1. The fourth-order valence-electron chi connectivity index (χ4n) is 4.63. The van der Waals surface area contributed by atoms with Crippen molar-refractivity contribution in [1.82, 2.24) is 19.8 Å². The first kappa shape index (κ1) is 25.2. The number of aromatic nitrogens is 2. The zero-order valence-electron chi connectivity index (χ0n) is 21.8. The van der Waals surface area contributed by atoms with E-state index in [0.29, 0.717) is 18.9 Å². The van der Waals surface area contributed by atoms with E-state index < -0.39 is 0 Å². The van der Waals surface area contributed by atoms with Crippen LogP contribution in [0.15, 0.2) is 72.9 Å². The number of carbonyl (C=O) groups excluding carboxylic acids is 2. The first-order valence-electron chi connectivity index (χ1n) is 12.6. The molecule has 1 aliphatic rings. The SMILES string of the molecule is COc1ccc(CN2CC(=O)Nc3ncc(C=CC(=O)N(C)C(C)c4cc5ccccc5[nH]4)cc3C2)cc1. The molecule has 5 rings (SSSR count). The second-order valence-corrected chi connectivity index (χ2v) is 9.59. The predicted octanol–water partition coefficient (Wildman–Crippen LogP) is 4.76. The second-order valence-electron chi connectivity index (χ2n) is 9.59. The molecule has 0 fully saturated rings. The molecule has 38 heavy (non-hydrogen) atoms. The van der Waals surface area contributed by atoms with Gasteiger partial charge in [-0.2, -0.15) is 0 Å². The molecule has 1 unspecified atom stereocenters. The minimum atomic E-state index is -0.119. The Hall–Kier alpha value is -4.43. The summed E-state index contributed by atoms with van der Waals surface area (Å²) < 4.78 is 5.24. The molecular formula is C30H31N5O3. The van der Waals surface area contributed by atoms with Gasteiger partial charge in [-0.05, 0) is 59.8 Å². The zero-order chi connectivity index (χ0) is 26.6. The highest BCUT2D eigenvalue weighted by Gasteiger charge is 2.21. The van der Waals surface area contributed by atoms with Gasteiger partial charge in [-0.3, -0.25) is 14.5 Å². The molecule has 2 aromatic carbocycles. The van der Waals surface area contributed by atoms with Crippen LogP contribution in [0.5, 0.6) is 5.75 Å². The lowest BCUT2D eigenvalue weighted by molar-refractivity contribution is -0.126. The van der Waals surface area contributed by atoms with Gasteiger partial charge in [0.2, 0.25) is 11.8 Å². The molecule has 2 amide bonds. The van der Waals surface area contributed by atoms with E-state index in [2.05, 4.69) is 32.3 Å². The lowest BCUT2D eigenvalue weighted by Gasteiger charge is -2.22. The molecule has 0 saturated heterocycles. The number of para-hydroxylation sites is 1. The smallest absolute Gasteiger partial charge is 0.246 e. The van der Waals surface area contributed by atoms with Crippen molar-refractivity contribution in [3.05, 3.63) is 95.3 Å². The Morgan fingerprint density at radius 3 is 2.71 bits per heavy atom. The van der Waals surface area contributed by atoms with E-state index in [1.807, 2.05) is 55.5 Å². The molecule has 1 atom stereocenters. The minimum absolute atomic E-state index is 0.101. The summed E-state index contributed by atoms with van der Waals surface area (Å²) in [6, 6.07) is 19.8. The maximum Gasteiger partial charge on any atom is 0.246 e. The number of ether oxygens (including phenoxy) is 1. The van der Waals surface area contributed by atoms with Gasteiger partial charge < -0.3 is 19.9 Å². The summed E-state index contributed by atoms with van der Waals surface area (Å²) >= 11 is 0. The molecule has 0 radical (unpaired) electrons. The van der Waals surface area contributed by atoms with Gasteiger partial charge in [0.15, 0.2) is 0 Å². The highest BCUT2D eigenvalue weighted by Crippen LogP contribution is 2.25. The van der Waals surface area contributed by atoms with E-state index in [4.69, 9.17) is 4.74 Å². The fourth-order valence-corrected chi connectivity index (χ4v) is 4.63. The number of carbonyl (C=O) groups is 2. The number of hydrogen-bond donors (Lipinski definition) is 2. The van der Waals surface area contributed by atoms with Crippen molar-refractivity contribution in [1.29, 1.82) is 0 Å². The third-order valence-corrected chi connectivity index (χ3v) is 6.92. The van der Waals surface area contributed by atoms with Crippen molar-refractivity contribution >= 4 is 34.6 Å². The molecule has 3 heterocycles. The average molecular weight is 510 g/mol. The highest BCUT2D eigenvalue weighted by atomic mass is 16.5. The number of amides is 2. The summed E-state index contributed by atoms with van der Waals surface area (Å²) in [5.74, 6) is 1.14. The number of H-pyrrole nitrogens is 1. The number of methoxy groups -OCH3 is 1. The molecule has 8 heteroatoms. The predicted molar refractivity (Wildman–Crippen MR) is 148 cm³/mol. The number of fused-ring (bicyclic) bond motifs is 2. The third-order valence-electron chi connectivity index (χ3n) is 6.92. The molecule has 2 N–H and O–H groups in total. The monoisotopic (exact) mass is 509 g/mol. The molecule has 8 nitrogen and oxygen atoms in total. The van der Waals surface area contributed by atoms with Gasteiger partial charge in [0.25, 0.3) is 0 Å². The van der Waals surface area contributed by atoms with Crippen molar-refractivity contribution in [3.8, 4) is 5.75 Å². The summed E-state index contributed by atoms with van der Waals surface area (Å²) in [6.07, 6.45) is 5.00. The molecule has 1 aliphatic heterocycles. The van der Waals surface area contributed by atoms with Crippen LogP contribution in [-0.4, -0.2) is 52.3 Å². The van der Waals surface area contributed by atoms with Gasteiger partial charge in [0.1, 0.15) is 11.6 Å². The number of likely N-dealkylation sites (N-methyl/N-ethyl adjacent to an activating group) is 1. The number of anilines is 1. The van der Waals surface area contributed by atoms with E-state index in [9.17, 15) is 9.59 Å². The van der Waals surface area contributed by atoms with Crippen LogP contribution in [0, 0.1) is 0 Å². The Labute approximate surface area is 221 Å². The molecule has 0 aliphatic carbocycles. The fraction of sp³-hybridized carbons (Fsp3) is 0.233. The van der Waals surface area contributed by atoms with Crippen molar-refractivity contribution in [2.45, 2.75) is 26.1 Å². The molecule has 0 bridgehead atoms. The van der Waals surface area contributed by atoms with Crippen LogP contribution in [0.2, 0.25) is 0 Å². The van der Waals surface area contributed by atoms with Gasteiger partial charge in [-0.15, -0.1) is 0 Å². The van der Waals surface area contributed by atoms with E-state index >= 15 is 0 Å². The quantitative estimate of drug-likeness (QED) is 0.351. The van der Waals surface area contributed by atoms with Crippen LogP contribution in [0.3, 0.4) is 0 Å². The number of aromatic amines is 1. The van der Waals surface area contributed by atoms with E-state index in [-0.39, 0.29) is 24.4 Å². The van der Waals surface area contributed by atoms with Gasteiger partial charge in [0.05, 0.1) is 19.7 Å². The van der Waals surface area contributed by atoms with Crippen LogP contribution >= 0.6 is 0 Å². The van der Waals surface area contributed by atoms with E-state index in [1.54, 1.807) is 37.4 Å². The zero-order valence-corrected chi connectivity index (χ0v) is 21.8. The summed E-state index contributed by atoms with van der Waals surface area (Å²) in [5.41, 5.74) is 4.82. The Balaban J connectivity index is 1.28. The summed E-state index contributed by atoms with van der Waals surface area (Å²) in [5, 5.41) is 4.02. The van der Waals surface area contributed by atoms with Gasteiger partial charge in [-0.1, -0.05) is 30.3 Å². The molecule has 0 spiro atoms. The normalized spacial score (nSPS) is 14.7. The number of hydrogen-bond acceptors (Lipinski definition) is 5. The first-order valence-corrected chi connectivity index (χ1v) is 12.6.